The van der Waals surface area contributed by atoms with Crippen LogP contribution in [0.15, 0.2) is 48.5 Å². The Bertz CT molecular complexity index is 827. The monoisotopic (exact) mass is 341 g/mol. The zero-order valence-corrected chi connectivity index (χ0v) is 14.1. The van der Waals surface area contributed by atoms with Crippen LogP contribution in [0.25, 0.3) is 6.08 Å². The lowest BCUT2D eigenvalue weighted by atomic mass is 10.1. The lowest BCUT2D eigenvalue weighted by molar-refractivity contribution is -0.125. The van der Waals surface area contributed by atoms with Crippen LogP contribution in [-0.4, -0.2) is 24.8 Å². The predicted octanol–water partition coefficient (Wildman–Crippen LogP) is 3.98. The van der Waals surface area contributed by atoms with Crippen molar-refractivity contribution in [3.8, 4) is 5.75 Å². The summed E-state index contributed by atoms with van der Waals surface area (Å²) in [7, 11) is 1.70. The van der Waals surface area contributed by atoms with E-state index in [-0.39, 0.29) is 11.7 Å². The second-order valence-corrected chi connectivity index (χ2v) is 6.03. The van der Waals surface area contributed by atoms with Crippen molar-refractivity contribution in [1.82, 2.24) is 0 Å². The lowest BCUT2D eigenvalue weighted by Crippen LogP contribution is -2.42. The summed E-state index contributed by atoms with van der Waals surface area (Å²) >= 11 is 5.84. The molecule has 4 nitrogen and oxygen atoms in total. The lowest BCUT2D eigenvalue weighted by Gasteiger charge is -2.30. The molecule has 0 saturated carbocycles. The van der Waals surface area contributed by atoms with Gasteiger partial charge in [-0.3, -0.25) is 9.59 Å². The van der Waals surface area contributed by atoms with Gasteiger partial charge >= 0.3 is 0 Å². The van der Waals surface area contributed by atoms with Gasteiger partial charge in [-0.2, -0.15) is 0 Å². The number of fused-ring (bicyclic) bond motifs is 1. The largest absolute Gasteiger partial charge is 0.479 e. The number of likely N-dealkylation sites (N-methyl/N-ethyl adjacent to an activating group) is 1. The topological polar surface area (TPSA) is 46.6 Å². The van der Waals surface area contributed by atoms with E-state index in [2.05, 4.69) is 0 Å². The van der Waals surface area contributed by atoms with E-state index >= 15 is 0 Å². The Hall–Kier alpha value is -2.59. The number of hydrogen-bond acceptors (Lipinski definition) is 3. The molecule has 5 heteroatoms. The number of carbonyl (C=O) groups excluding carboxylic acids is 2. The van der Waals surface area contributed by atoms with Gasteiger partial charge in [0.05, 0.1) is 5.69 Å². The van der Waals surface area contributed by atoms with Crippen LogP contribution in [-0.2, 0) is 4.79 Å². The molecule has 2 aromatic carbocycles. The van der Waals surface area contributed by atoms with E-state index in [1.807, 2.05) is 12.1 Å². The number of carbonyl (C=O) groups is 2. The fraction of sp³-hybridized carbons (Fsp3) is 0.158. The van der Waals surface area contributed by atoms with Gasteiger partial charge in [-0.1, -0.05) is 29.8 Å². The first-order valence-corrected chi connectivity index (χ1v) is 7.90. The summed E-state index contributed by atoms with van der Waals surface area (Å²) in [4.78, 5) is 25.8. The van der Waals surface area contributed by atoms with Crippen LogP contribution in [0, 0.1) is 0 Å². The minimum atomic E-state index is -0.558. The highest BCUT2D eigenvalue weighted by molar-refractivity contribution is 6.30. The van der Waals surface area contributed by atoms with Crippen LogP contribution in [0.3, 0.4) is 0 Å². The third kappa shape index (κ3) is 3.19. The molecule has 0 spiro atoms. The molecule has 24 heavy (non-hydrogen) atoms. The zero-order chi connectivity index (χ0) is 17.3. The normalized spacial score (nSPS) is 16.9. The van der Waals surface area contributed by atoms with Crippen molar-refractivity contribution >= 4 is 35.1 Å². The van der Waals surface area contributed by atoms with Crippen molar-refractivity contribution in [2.75, 3.05) is 11.9 Å². The number of ether oxygens (including phenoxy) is 1. The number of halogens is 1. The number of amides is 1. The number of ketones is 1. The molecule has 0 saturated heterocycles. The van der Waals surface area contributed by atoms with E-state index in [9.17, 15) is 9.59 Å². The SMILES string of the molecule is CC1Oc2cc(C(=O)/C=C/c3ccc(Cl)cc3)ccc2N(C)C1=O. The molecule has 1 atom stereocenters. The molecule has 3 rings (SSSR count). The maximum absolute atomic E-state index is 12.3. The van der Waals surface area contributed by atoms with Crippen molar-refractivity contribution in [3.05, 3.63) is 64.7 Å². The molecule has 0 fully saturated rings. The number of hydrogen-bond donors (Lipinski definition) is 0. The third-order valence-corrected chi connectivity index (χ3v) is 4.14. The molecule has 1 aliphatic heterocycles. The molecular formula is C19H16ClNO3. The maximum atomic E-state index is 12.3. The first-order chi connectivity index (χ1) is 11.5. The van der Waals surface area contributed by atoms with E-state index in [0.29, 0.717) is 22.0 Å². The summed E-state index contributed by atoms with van der Waals surface area (Å²) in [5.74, 6) is 0.295. The van der Waals surface area contributed by atoms with E-state index < -0.39 is 6.10 Å². The highest BCUT2D eigenvalue weighted by atomic mass is 35.5. The fourth-order valence-electron chi connectivity index (χ4n) is 2.51. The van der Waals surface area contributed by atoms with Crippen molar-refractivity contribution < 1.29 is 14.3 Å². The molecule has 0 bridgehead atoms. The summed E-state index contributed by atoms with van der Waals surface area (Å²) in [5, 5.41) is 0.651. The van der Waals surface area contributed by atoms with Gasteiger partial charge in [-0.15, -0.1) is 0 Å². The summed E-state index contributed by atoms with van der Waals surface area (Å²) in [6, 6.07) is 12.3. The first kappa shape index (κ1) is 16.3. The highest BCUT2D eigenvalue weighted by Crippen LogP contribution is 2.34. The number of rotatable bonds is 3. The van der Waals surface area contributed by atoms with Gasteiger partial charge in [0.25, 0.3) is 5.91 Å². The molecule has 0 aromatic heterocycles. The molecule has 0 aliphatic carbocycles. The Morgan fingerprint density at radius 1 is 1.21 bits per heavy atom. The smallest absolute Gasteiger partial charge is 0.267 e. The minimum absolute atomic E-state index is 0.107. The number of benzene rings is 2. The fourth-order valence-corrected chi connectivity index (χ4v) is 2.64. The second-order valence-electron chi connectivity index (χ2n) is 5.59. The van der Waals surface area contributed by atoms with Crippen LogP contribution in [0.2, 0.25) is 5.02 Å². The van der Waals surface area contributed by atoms with Crippen LogP contribution in [0.5, 0.6) is 5.75 Å². The highest BCUT2D eigenvalue weighted by Gasteiger charge is 2.29. The summed E-state index contributed by atoms with van der Waals surface area (Å²) < 4.78 is 5.60. The summed E-state index contributed by atoms with van der Waals surface area (Å²) in [6.07, 6.45) is 2.68. The van der Waals surface area contributed by atoms with Gasteiger partial charge in [0.15, 0.2) is 11.9 Å². The molecule has 1 aliphatic rings. The van der Waals surface area contributed by atoms with Gasteiger partial charge in [0.1, 0.15) is 5.75 Å². The standard InChI is InChI=1S/C19H16ClNO3/c1-12-19(23)21(2)16-9-6-14(11-18(16)24-12)17(22)10-5-13-3-7-15(20)8-4-13/h3-12H,1-2H3/b10-5+. The first-order valence-electron chi connectivity index (χ1n) is 7.52. The molecule has 1 heterocycles. The van der Waals surface area contributed by atoms with Gasteiger partial charge < -0.3 is 9.64 Å². The minimum Gasteiger partial charge on any atom is -0.479 e. The van der Waals surface area contributed by atoms with Gasteiger partial charge in [-0.25, -0.2) is 0 Å². The Morgan fingerprint density at radius 3 is 2.62 bits per heavy atom. The van der Waals surface area contributed by atoms with Gasteiger partial charge in [0, 0.05) is 17.6 Å². The van der Waals surface area contributed by atoms with Crippen molar-refractivity contribution in [3.63, 3.8) is 0 Å². The molecule has 1 amide bonds. The van der Waals surface area contributed by atoms with Gasteiger partial charge in [0.2, 0.25) is 0 Å². The Labute approximate surface area is 145 Å². The van der Waals surface area contributed by atoms with Crippen LogP contribution >= 0.6 is 11.6 Å². The predicted molar refractivity (Wildman–Crippen MR) is 94.8 cm³/mol. The van der Waals surface area contributed by atoms with Gasteiger partial charge in [-0.05, 0) is 48.9 Å². The summed E-state index contributed by atoms with van der Waals surface area (Å²) in [6.45, 7) is 1.69. The molecule has 0 radical (unpaired) electrons. The molecular weight excluding hydrogens is 326 g/mol. The van der Waals surface area contributed by atoms with Crippen molar-refractivity contribution in [2.24, 2.45) is 0 Å². The molecule has 2 aromatic rings. The zero-order valence-electron chi connectivity index (χ0n) is 13.3. The Balaban J connectivity index is 1.83. The number of anilines is 1. The molecule has 0 N–H and O–H groups in total. The van der Waals surface area contributed by atoms with E-state index in [4.69, 9.17) is 16.3 Å². The van der Waals surface area contributed by atoms with Crippen LogP contribution in [0.1, 0.15) is 22.8 Å². The van der Waals surface area contributed by atoms with Crippen LogP contribution < -0.4 is 9.64 Å². The van der Waals surface area contributed by atoms with E-state index in [0.717, 1.165) is 5.56 Å². The van der Waals surface area contributed by atoms with Crippen molar-refractivity contribution in [2.45, 2.75) is 13.0 Å². The Morgan fingerprint density at radius 2 is 1.92 bits per heavy atom. The van der Waals surface area contributed by atoms with Crippen LogP contribution in [0.4, 0.5) is 5.69 Å². The quantitative estimate of drug-likeness (QED) is 0.626. The molecule has 1 unspecified atom stereocenters. The summed E-state index contributed by atoms with van der Waals surface area (Å²) in [5.41, 5.74) is 2.06. The molecule has 122 valence electrons. The van der Waals surface area contributed by atoms with Crippen molar-refractivity contribution in [1.29, 1.82) is 0 Å². The Kier molecular flexibility index (Phi) is 4.40. The number of nitrogens with zero attached hydrogens (tertiary/aromatic N) is 1. The van der Waals surface area contributed by atoms with E-state index in [1.165, 1.54) is 6.08 Å². The average molecular weight is 342 g/mol. The second kappa shape index (κ2) is 6.49. The number of allylic oxidation sites excluding steroid dienone is 1. The maximum Gasteiger partial charge on any atom is 0.267 e. The third-order valence-electron chi connectivity index (χ3n) is 3.88. The average Bonchev–Trinajstić information content (AvgIpc) is 2.58. The van der Waals surface area contributed by atoms with E-state index in [1.54, 1.807) is 55.3 Å².